The molecule has 1 fully saturated rings. The Bertz CT molecular complexity index is 1320. The summed E-state index contributed by atoms with van der Waals surface area (Å²) in [6.07, 6.45) is 1.69. The molecule has 33 heavy (non-hydrogen) atoms. The molecule has 2 N–H and O–H groups in total. The quantitative estimate of drug-likeness (QED) is 0.389. The Morgan fingerprint density at radius 2 is 1.79 bits per heavy atom. The van der Waals surface area contributed by atoms with Crippen molar-refractivity contribution in [1.29, 1.82) is 0 Å². The third kappa shape index (κ3) is 3.85. The van der Waals surface area contributed by atoms with Gasteiger partial charge in [-0.25, -0.2) is 9.18 Å². The number of nitrogens with zero attached hydrogens (tertiary/aromatic N) is 2. The maximum absolute atomic E-state index is 14.8. The number of halogens is 1. The summed E-state index contributed by atoms with van der Waals surface area (Å²) in [7, 11) is 0. The van der Waals surface area contributed by atoms with Crippen LogP contribution in [0.1, 0.15) is 33.9 Å². The van der Waals surface area contributed by atoms with Gasteiger partial charge in [0.15, 0.2) is 5.11 Å². The Hall–Kier alpha value is -4.04. The Morgan fingerprint density at radius 1 is 1.03 bits per heavy atom. The van der Waals surface area contributed by atoms with Crippen LogP contribution in [-0.4, -0.2) is 21.2 Å². The van der Waals surface area contributed by atoms with Gasteiger partial charge in [-0.1, -0.05) is 30.3 Å². The van der Waals surface area contributed by atoms with E-state index in [-0.39, 0.29) is 11.6 Å². The minimum Gasteiger partial charge on any atom is -0.478 e. The second-order valence-electron chi connectivity index (χ2n) is 7.53. The number of aromatic carboxylic acids is 1. The first-order valence-corrected chi connectivity index (χ1v) is 10.6. The van der Waals surface area contributed by atoms with Crippen molar-refractivity contribution in [2.24, 2.45) is 0 Å². The molecular weight excluding hydrogens is 441 g/mol. The van der Waals surface area contributed by atoms with E-state index in [9.17, 15) is 9.18 Å². The van der Waals surface area contributed by atoms with E-state index in [1.807, 2.05) is 30.3 Å². The first kappa shape index (κ1) is 20.8. The molecule has 0 radical (unpaired) electrons. The first-order valence-electron chi connectivity index (χ1n) is 10.2. The van der Waals surface area contributed by atoms with Crippen LogP contribution in [0.15, 0.2) is 89.5 Å². The minimum atomic E-state index is -0.994. The molecule has 0 saturated carbocycles. The predicted octanol–water partition coefficient (Wildman–Crippen LogP) is 5.36. The molecule has 2 aromatic heterocycles. The monoisotopic (exact) mass is 459 g/mol. The van der Waals surface area contributed by atoms with Gasteiger partial charge in [0.05, 0.1) is 23.0 Å². The molecule has 0 amide bonds. The molecule has 8 heteroatoms. The van der Waals surface area contributed by atoms with E-state index < -0.39 is 17.8 Å². The van der Waals surface area contributed by atoms with Crippen molar-refractivity contribution < 1.29 is 18.7 Å². The van der Waals surface area contributed by atoms with Gasteiger partial charge in [0.2, 0.25) is 0 Å². The number of thiocarbonyl (C=S) groups is 1. The summed E-state index contributed by atoms with van der Waals surface area (Å²) in [5, 5.41) is 12.8. The highest BCUT2D eigenvalue weighted by Gasteiger charge is 2.43. The highest BCUT2D eigenvalue weighted by molar-refractivity contribution is 7.80. The molecule has 0 spiro atoms. The number of aromatic nitrogens is 1. The summed E-state index contributed by atoms with van der Waals surface area (Å²) in [6, 6.07) is 21.2. The van der Waals surface area contributed by atoms with Gasteiger partial charge in [-0.05, 0) is 60.7 Å². The molecule has 6 nitrogen and oxygen atoms in total. The van der Waals surface area contributed by atoms with Crippen molar-refractivity contribution in [3.8, 4) is 11.3 Å². The molecule has 2 unspecified atom stereocenters. The Morgan fingerprint density at radius 3 is 2.48 bits per heavy atom. The van der Waals surface area contributed by atoms with Gasteiger partial charge >= 0.3 is 5.97 Å². The number of carboxylic acids is 1. The number of anilines is 1. The van der Waals surface area contributed by atoms with Crippen LogP contribution in [-0.2, 0) is 0 Å². The van der Waals surface area contributed by atoms with Crippen molar-refractivity contribution in [2.75, 3.05) is 4.90 Å². The lowest BCUT2D eigenvalue weighted by atomic mass is 10.0. The Kier molecular flexibility index (Phi) is 5.35. The number of carboxylic acid groups (broad SMARTS) is 1. The lowest BCUT2D eigenvalue weighted by molar-refractivity contribution is 0.0697. The number of hydrogen-bond acceptors (Lipinski definition) is 4. The average molecular weight is 460 g/mol. The average Bonchev–Trinajstić information content (AvgIpc) is 3.45. The third-order valence-corrected chi connectivity index (χ3v) is 5.86. The van der Waals surface area contributed by atoms with Crippen LogP contribution in [0.3, 0.4) is 0 Å². The van der Waals surface area contributed by atoms with Gasteiger partial charge in [-0.3, -0.25) is 4.98 Å². The maximum atomic E-state index is 14.8. The normalized spacial score (nSPS) is 17.7. The van der Waals surface area contributed by atoms with Gasteiger partial charge in [0.25, 0.3) is 0 Å². The highest BCUT2D eigenvalue weighted by atomic mass is 32.1. The molecule has 5 rings (SSSR count). The lowest BCUT2D eigenvalue weighted by Gasteiger charge is -2.26. The highest BCUT2D eigenvalue weighted by Crippen LogP contribution is 2.43. The van der Waals surface area contributed by atoms with Crippen LogP contribution in [0, 0.1) is 5.82 Å². The minimum absolute atomic E-state index is 0.191. The molecule has 0 aliphatic carbocycles. The second kappa shape index (κ2) is 8.48. The van der Waals surface area contributed by atoms with Crippen LogP contribution in [0.5, 0.6) is 0 Å². The van der Waals surface area contributed by atoms with Gasteiger partial charge in [0.1, 0.15) is 23.4 Å². The van der Waals surface area contributed by atoms with Crippen LogP contribution >= 0.6 is 12.2 Å². The topological polar surface area (TPSA) is 78.6 Å². The fourth-order valence-corrected chi connectivity index (χ4v) is 4.33. The van der Waals surface area contributed by atoms with E-state index in [1.54, 1.807) is 41.4 Å². The van der Waals surface area contributed by atoms with E-state index in [4.69, 9.17) is 21.7 Å². The summed E-state index contributed by atoms with van der Waals surface area (Å²) in [5.41, 5.74) is 2.00. The number of nitrogens with one attached hydrogen (secondary N) is 1. The molecule has 4 aromatic rings. The van der Waals surface area contributed by atoms with E-state index in [1.165, 1.54) is 18.2 Å². The predicted molar refractivity (Wildman–Crippen MR) is 125 cm³/mol. The zero-order valence-electron chi connectivity index (χ0n) is 17.2. The van der Waals surface area contributed by atoms with Crippen LogP contribution in [0.2, 0.25) is 0 Å². The fourth-order valence-electron chi connectivity index (χ4n) is 3.99. The van der Waals surface area contributed by atoms with Crippen molar-refractivity contribution in [1.82, 2.24) is 10.3 Å². The van der Waals surface area contributed by atoms with Gasteiger partial charge in [-0.2, -0.15) is 0 Å². The molecule has 1 aliphatic rings. The van der Waals surface area contributed by atoms with E-state index >= 15 is 0 Å². The van der Waals surface area contributed by atoms with Crippen LogP contribution in [0.4, 0.5) is 10.1 Å². The first-order chi connectivity index (χ1) is 16.0. The summed E-state index contributed by atoms with van der Waals surface area (Å²) >= 11 is 5.60. The number of pyridine rings is 1. The standard InChI is InChI=1S/C25H18FN3O3S/c26-17-5-1-2-7-19(17)29-23(22(28-25(29)33)18-6-3-4-14-27-18)21-13-12-20(32-21)15-8-10-16(11-9-15)24(30)31/h1-14,22-23H,(H,28,33)(H,30,31). The number of rotatable bonds is 5. The third-order valence-electron chi connectivity index (χ3n) is 5.54. The number of furan rings is 1. The molecular formula is C25H18FN3O3S. The molecule has 0 bridgehead atoms. The van der Waals surface area contributed by atoms with E-state index in [0.29, 0.717) is 22.3 Å². The molecule has 2 atom stereocenters. The smallest absolute Gasteiger partial charge is 0.335 e. The largest absolute Gasteiger partial charge is 0.478 e. The van der Waals surface area contributed by atoms with Gasteiger partial charge in [-0.15, -0.1) is 0 Å². The van der Waals surface area contributed by atoms with Crippen LogP contribution < -0.4 is 10.2 Å². The number of hydrogen-bond donors (Lipinski definition) is 2. The zero-order valence-corrected chi connectivity index (χ0v) is 18.0. The molecule has 2 aromatic carbocycles. The Labute approximate surface area is 194 Å². The van der Waals surface area contributed by atoms with Gasteiger partial charge in [0, 0.05) is 11.8 Å². The second-order valence-corrected chi connectivity index (χ2v) is 7.92. The summed E-state index contributed by atoms with van der Waals surface area (Å²) in [5.74, 6) is -0.262. The summed E-state index contributed by atoms with van der Waals surface area (Å²) in [6.45, 7) is 0. The molecule has 1 aliphatic heterocycles. The van der Waals surface area contributed by atoms with Crippen molar-refractivity contribution >= 4 is 29.0 Å². The Balaban J connectivity index is 1.58. The molecule has 3 heterocycles. The van der Waals surface area contributed by atoms with Crippen molar-refractivity contribution in [3.05, 3.63) is 108 Å². The van der Waals surface area contributed by atoms with Gasteiger partial charge < -0.3 is 19.7 Å². The number of carbonyl (C=O) groups is 1. The SMILES string of the molecule is O=C(O)c1ccc(-c2ccc(C3C(c4ccccn4)NC(=S)N3c3ccccc3F)o2)cc1. The molecule has 164 valence electrons. The number of para-hydroxylation sites is 1. The van der Waals surface area contributed by atoms with Crippen LogP contribution in [0.25, 0.3) is 11.3 Å². The lowest BCUT2D eigenvalue weighted by Crippen LogP contribution is -2.30. The van der Waals surface area contributed by atoms with E-state index in [0.717, 1.165) is 11.3 Å². The zero-order chi connectivity index (χ0) is 22.9. The summed E-state index contributed by atoms with van der Waals surface area (Å²) in [4.78, 5) is 17.3. The van der Waals surface area contributed by atoms with E-state index in [2.05, 4.69) is 10.3 Å². The van der Waals surface area contributed by atoms with Crippen molar-refractivity contribution in [2.45, 2.75) is 12.1 Å². The molecule has 1 saturated heterocycles. The maximum Gasteiger partial charge on any atom is 0.335 e. The van der Waals surface area contributed by atoms with Crippen molar-refractivity contribution in [3.63, 3.8) is 0 Å². The fraction of sp³-hybridized carbons (Fsp3) is 0.0800. The summed E-state index contributed by atoms with van der Waals surface area (Å²) < 4.78 is 21.0. The number of benzene rings is 2.